The molecule has 1 aliphatic rings. The summed E-state index contributed by atoms with van der Waals surface area (Å²) in [6, 6.07) is 12.3. The Labute approximate surface area is 182 Å². The first-order valence-electron chi connectivity index (χ1n) is 10.3. The summed E-state index contributed by atoms with van der Waals surface area (Å²) in [4.78, 5) is 31.7. The summed E-state index contributed by atoms with van der Waals surface area (Å²) in [6.45, 7) is 5.35. The molecule has 0 bridgehead atoms. The molecule has 1 aromatic heterocycles. The number of benzene rings is 1. The summed E-state index contributed by atoms with van der Waals surface area (Å²) < 4.78 is 4.95. The number of hydrogen-bond donors (Lipinski definition) is 2. The predicted molar refractivity (Wildman–Crippen MR) is 117 cm³/mol. The molecule has 1 aromatic carbocycles. The smallest absolute Gasteiger partial charge is 0.311 e. The Bertz CT molecular complexity index is 948. The van der Waals surface area contributed by atoms with Crippen molar-refractivity contribution in [2.45, 2.75) is 19.4 Å². The largest absolute Gasteiger partial charge is 0.469 e. The number of methoxy groups -OCH3 is 1. The Balaban J connectivity index is 1.67. The second kappa shape index (κ2) is 10.5. The quantitative estimate of drug-likeness (QED) is 0.653. The maximum absolute atomic E-state index is 12.7. The van der Waals surface area contributed by atoms with Crippen molar-refractivity contribution in [1.82, 2.24) is 15.6 Å². The van der Waals surface area contributed by atoms with Gasteiger partial charge in [-0.2, -0.15) is 5.26 Å². The normalized spacial score (nSPS) is 15.5. The molecule has 1 saturated heterocycles. The molecule has 3 rings (SSSR count). The van der Waals surface area contributed by atoms with E-state index < -0.39 is 17.9 Å². The molecular weight excluding hydrogens is 394 g/mol. The van der Waals surface area contributed by atoms with Crippen molar-refractivity contribution in [1.29, 1.82) is 5.26 Å². The summed E-state index contributed by atoms with van der Waals surface area (Å²) in [5, 5.41) is 15.3. The number of piperazine rings is 1. The maximum atomic E-state index is 12.7. The summed E-state index contributed by atoms with van der Waals surface area (Å²) in [5.41, 5.74) is 1.78. The van der Waals surface area contributed by atoms with Gasteiger partial charge < -0.3 is 20.3 Å². The third-order valence-corrected chi connectivity index (χ3v) is 5.43. The molecule has 0 spiro atoms. The van der Waals surface area contributed by atoms with Crippen molar-refractivity contribution in [2.24, 2.45) is 5.92 Å². The van der Waals surface area contributed by atoms with Crippen LogP contribution in [0, 0.1) is 17.2 Å². The second-order valence-electron chi connectivity index (χ2n) is 7.55. The topological polar surface area (TPSA) is 107 Å². The van der Waals surface area contributed by atoms with Crippen LogP contribution in [0.5, 0.6) is 0 Å². The first-order chi connectivity index (χ1) is 15.0. The van der Waals surface area contributed by atoms with Gasteiger partial charge in [0.1, 0.15) is 5.82 Å². The molecule has 162 valence electrons. The highest BCUT2D eigenvalue weighted by molar-refractivity contribution is 5.94. The molecule has 2 aromatic rings. The van der Waals surface area contributed by atoms with Crippen LogP contribution in [-0.2, 0) is 16.0 Å². The van der Waals surface area contributed by atoms with E-state index in [9.17, 15) is 9.59 Å². The number of amides is 1. The van der Waals surface area contributed by atoms with Crippen LogP contribution in [0.1, 0.15) is 28.4 Å². The van der Waals surface area contributed by atoms with E-state index in [0.29, 0.717) is 17.5 Å². The highest BCUT2D eigenvalue weighted by Crippen LogP contribution is 2.17. The lowest BCUT2D eigenvalue weighted by Gasteiger charge is -2.28. The molecule has 8 heteroatoms. The lowest BCUT2D eigenvalue weighted by atomic mass is 9.92. The van der Waals surface area contributed by atoms with Crippen LogP contribution in [-0.4, -0.2) is 56.2 Å². The number of carbonyl (C=O) groups excluding carboxylic acids is 2. The molecule has 2 heterocycles. The van der Waals surface area contributed by atoms with Gasteiger partial charge in [0.25, 0.3) is 5.91 Å². The first-order valence-corrected chi connectivity index (χ1v) is 10.3. The van der Waals surface area contributed by atoms with E-state index in [4.69, 9.17) is 10.00 Å². The summed E-state index contributed by atoms with van der Waals surface area (Å²) in [5.74, 6) is -0.458. The van der Waals surface area contributed by atoms with Gasteiger partial charge in [0.05, 0.1) is 30.2 Å². The van der Waals surface area contributed by atoms with E-state index in [-0.39, 0.29) is 5.91 Å². The van der Waals surface area contributed by atoms with Gasteiger partial charge in [-0.3, -0.25) is 9.59 Å². The molecule has 8 nitrogen and oxygen atoms in total. The molecule has 0 radical (unpaired) electrons. The van der Waals surface area contributed by atoms with E-state index in [0.717, 1.165) is 37.6 Å². The second-order valence-corrected chi connectivity index (χ2v) is 7.55. The average Bonchev–Trinajstić information content (AvgIpc) is 2.82. The van der Waals surface area contributed by atoms with Gasteiger partial charge in [0, 0.05) is 38.4 Å². The van der Waals surface area contributed by atoms with Crippen molar-refractivity contribution in [3.05, 3.63) is 59.3 Å². The standard InChI is InChI=1S/C23H27N5O3/c1-16(20(23(30)31-2)13-17-4-3-5-18(12-17)14-24)27-22(29)19-6-7-21(26-15-19)28-10-8-25-9-11-28/h3-7,12,15-16,20,25H,8-11,13H2,1-2H3,(H,27,29). The highest BCUT2D eigenvalue weighted by Gasteiger charge is 2.28. The maximum Gasteiger partial charge on any atom is 0.311 e. The van der Waals surface area contributed by atoms with Crippen molar-refractivity contribution in [3.8, 4) is 6.07 Å². The molecule has 2 N–H and O–H groups in total. The zero-order valence-electron chi connectivity index (χ0n) is 17.8. The zero-order valence-corrected chi connectivity index (χ0v) is 17.8. The number of ether oxygens (including phenoxy) is 1. The molecule has 1 fully saturated rings. The molecule has 2 atom stereocenters. The minimum Gasteiger partial charge on any atom is -0.469 e. The van der Waals surface area contributed by atoms with E-state index in [1.165, 1.54) is 7.11 Å². The third-order valence-electron chi connectivity index (χ3n) is 5.43. The predicted octanol–water partition coefficient (Wildman–Crippen LogP) is 1.51. The van der Waals surface area contributed by atoms with Gasteiger partial charge in [0.2, 0.25) is 0 Å². The van der Waals surface area contributed by atoms with Gasteiger partial charge >= 0.3 is 5.97 Å². The monoisotopic (exact) mass is 421 g/mol. The first kappa shape index (κ1) is 22.2. The number of pyridine rings is 1. The van der Waals surface area contributed by atoms with Crippen LogP contribution >= 0.6 is 0 Å². The van der Waals surface area contributed by atoms with Crippen LogP contribution in [0.3, 0.4) is 0 Å². The fourth-order valence-corrected chi connectivity index (χ4v) is 3.63. The zero-order chi connectivity index (χ0) is 22.2. The summed E-state index contributed by atoms with van der Waals surface area (Å²) >= 11 is 0. The molecule has 1 aliphatic heterocycles. The minimum absolute atomic E-state index is 0.300. The van der Waals surface area contributed by atoms with Gasteiger partial charge in [-0.05, 0) is 43.2 Å². The number of esters is 1. The number of aromatic nitrogens is 1. The fourth-order valence-electron chi connectivity index (χ4n) is 3.63. The number of rotatable bonds is 7. The Morgan fingerprint density at radius 2 is 2.06 bits per heavy atom. The number of nitrogens with one attached hydrogen (secondary N) is 2. The Morgan fingerprint density at radius 1 is 1.29 bits per heavy atom. The Hall–Kier alpha value is -3.44. The van der Waals surface area contributed by atoms with E-state index >= 15 is 0 Å². The number of carbonyl (C=O) groups is 2. The Morgan fingerprint density at radius 3 is 2.71 bits per heavy atom. The lowest BCUT2D eigenvalue weighted by Crippen LogP contribution is -2.44. The Kier molecular flexibility index (Phi) is 7.57. The van der Waals surface area contributed by atoms with Gasteiger partial charge in [-0.25, -0.2) is 4.98 Å². The number of anilines is 1. The van der Waals surface area contributed by atoms with Crippen LogP contribution < -0.4 is 15.5 Å². The molecule has 2 unspecified atom stereocenters. The van der Waals surface area contributed by atoms with E-state index in [1.54, 1.807) is 37.4 Å². The van der Waals surface area contributed by atoms with Crippen LogP contribution in [0.25, 0.3) is 0 Å². The fraction of sp³-hybridized carbons (Fsp3) is 0.391. The molecular formula is C23H27N5O3. The van der Waals surface area contributed by atoms with Crippen LogP contribution in [0.2, 0.25) is 0 Å². The summed E-state index contributed by atoms with van der Waals surface area (Å²) in [7, 11) is 1.33. The van der Waals surface area contributed by atoms with Crippen molar-refractivity contribution in [3.63, 3.8) is 0 Å². The van der Waals surface area contributed by atoms with Crippen molar-refractivity contribution in [2.75, 3.05) is 38.2 Å². The third kappa shape index (κ3) is 5.80. The number of hydrogen-bond acceptors (Lipinski definition) is 7. The summed E-state index contributed by atoms with van der Waals surface area (Å²) in [6.07, 6.45) is 1.91. The van der Waals surface area contributed by atoms with Crippen LogP contribution in [0.4, 0.5) is 5.82 Å². The molecule has 1 amide bonds. The number of nitriles is 1. The minimum atomic E-state index is -0.587. The molecule has 0 saturated carbocycles. The van der Waals surface area contributed by atoms with Crippen LogP contribution in [0.15, 0.2) is 42.6 Å². The lowest BCUT2D eigenvalue weighted by molar-refractivity contribution is -0.146. The van der Waals surface area contributed by atoms with Crippen molar-refractivity contribution >= 4 is 17.7 Å². The van der Waals surface area contributed by atoms with Gasteiger partial charge in [0.15, 0.2) is 0 Å². The van der Waals surface area contributed by atoms with E-state index in [2.05, 4.69) is 26.6 Å². The average molecular weight is 422 g/mol. The molecule has 0 aliphatic carbocycles. The highest BCUT2D eigenvalue weighted by atomic mass is 16.5. The van der Waals surface area contributed by atoms with E-state index in [1.807, 2.05) is 12.1 Å². The van der Waals surface area contributed by atoms with Gasteiger partial charge in [-0.1, -0.05) is 12.1 Å². The molecule has 31 heavy (non-hydrogen) atoms. The van der Waals surface area contributed by atoms with Gasteiger partial charge in [-0.15, -0.1) is 0 Å². The SMILES string of the molecule is COC(=O)C(Cc1cccc(C#N)c1)C(C)NC(=O)c1ccc(N2CCNCC2)nc1. The van der Waals surface area contributed by atoms with Crippen molar-refractivity contribution < 1.29 is 14.3 Å². The number of nitrogens with zero attached hydrogens (tertiary/aromatic N) is 3.